The van der Waals surface area contributed by atoms with Crippen LogP contribution in [0, 0.1) is 5.92 Å². The lowest BCUT2D eigenvalue weighted by Gasteiger charge is -2.31. The second-order valence-corrected chi connectivity index (χ2v) is 6.48. The van der Waals surface area contributed by atoms with Crippen LogP contribution in [0.1, 0.15) is 44.9 Å². The summed E-state index contributed by atoms with van der Waals surface area (Å²) in [5.74, 6) is 0.225. The standard InChI is InChI=1S/C16H29N3O3/c1-17-15(20)12-6-8-13(9-7-12)18-16(21)19(2)11-14-5-3-4-10-22-14/h12-14H,3-11H2,1-2H3,(H,17,20)(H,18,21). The maximum atomic E-state index is 12.2. The molecule has 1 saturated carbocycles. The molecule has 2 aliphatic rings. The predicted molar refractivity (Wildman–Crippen MR) is 84.6 cm³/mol. The fourth-order valence-electron chi connectivity index (χ4n) is 3.33. The van der Waals surface area contributed by atoms with E-state index in [0.717, 1.165) is 45.1 Å². The quantitative estimate of drug-likeness (QED) is 0.826. The summed E-state index contributed by atoms with van der Waals surface area (Å²) in [6, 6.07) is 0.153. The summed E-state index contributed by atoms with van der Waals surface area (Å²) in [5.41, 5.74) is 0. The summed E-state index contributed by atoms with van der Waals surface area (Å²) in [6.45, 7) is 1.46. The molecule has 0 radical (unpaired) electrons. The molecule has 6 nitrogen and oxygen atoms in total. The molecule has 126 valence electrons. The third kappa shape index (κ3) is 4.87. The second-order valence-electron chi connectivity index (χ2n) is 6.48. The van der Waals surface area contributed by atoms with Crippen LogP contribution in [0.3, 0.4) is 0 Å². The van der Waals surface area contributed by atoms with Gasteiger partial charge in [0.25, 0.3) is 0 Å². The van der Waals surface area contributed by atoms with E-state index >= 15 is 0 Å². The van der Waals surface area contributed by atoms with E-state index in [1.54, 1.807) is 11.9 Å². The van der Waals surface area contributed by atoms with Crippen molar-refractivity contribution in [2.75, 3.05) is 27.2 Å². The van der Waals surface area contributed by atoms with E-state index < -0.39 is 0 Å². The van der Waals surface area contributed by atoms with E-state index in [1.165, 1.54) is 6.42 Å². The van der Waals surface area contributed by atoms with Crippen molar-refractivity contribution >= 4 is 11.9 Å². The molecule has 6 heteroatoms. The van der Waals surface area contributed by atoms with E-state index in [1.807, 2.05) is 7.05 Å². The van der Waals surface area contributed by atoms with Gasteiger partial charge in [-0.15, -0.1) is 0 Å². The van der Waals surface area contributed by atoms with Crippen LogP contribution in [-0.4, -0.2) is 56.2 Å². The zero-order chi connectivity index (χ0) is 15.9. The Morgan fingerprint density at radius 3 is 2.45 bits per heavy atom. The molecular weight excluding hydrogens is 282 g/mol. The SMILES string of the molecule is CNC(=O)C1CCC(NC(=O)N(C)CC2CCCCO2)CC1. The van der Waals surface area contributed by atoms with Gasteiger partial charge in [0, 0.05) is 39.2 Å². The van der Waals surface area contributed by atoms with Crippen LogP contribution < -0.4 is 10.6 Å². The van der Waals surface area contributed by atoms with E-state index in [4.69, 9.17) is 4.74 Å². The van der Waals surface area contributed by atoms with Crippen molar-refractivity contribution in [1.29, 1.82) is 0 Å². The summed E-state index contributed by atoms with van der Waals surface area (Å²) in [4.78, 5) is 25.6. The van der Waals surface area contributed by atoms with Crippen molar-refractivity contribution in [1.82, 2.24) is 15.5 Å². The normalized spacial score (nSPS) is 28.7. The molecule has 1 aliphatic carbocycles. The van der Waals surface area contributed by atoms with Gasteiger partial charge in [0.05, 0.1) is 6.10 Å². The van der Waals surface area contributed by atoms with E-state index in [0.29, 0.717) is 6.54 Å². The number of hydrogen-bond donors (Lipinski definition) is 2. The van der Waals surface area contributed by atoms with Crippen molar-refractivity contribution in [3.8, 4) is 0 Å². The number of likely N-dealkylation sites (N-methyl/N-ethyl adjacent to an activating group) is 1. The first kappa shape index (κ1) is 17.1. The Morgan fingerprint density at radius 1 is 1.14 bits per heavy atom. The molecule has 1 unspecified atom stereocenters. The number of rotatable bonds is 4. The van der Waals surface area contributed by atoms with Crippen LogP contribution in [-0.2, 0) is 9.53 Å². The number of nitrogens with one attached hydrogen (secondary N) is 2. The first-order valence-corrected chi connectivity index (χ1v) is 8.45. The topological polar surface area (TPSA) is 70.7 Å². The number of carbonyl (C=O) groups is 2. The Morgan fingerprint density at radius 2 is 1.86 bits per heavy atom. The summed E-state index contributed by atoms with van der Waals surface area (Å²) >= 11 is 0. The van der Waals surface area contributed by atoms with Gasteiger partial charge in [-0.25, -0.2) is 4.79 Å². The van der Waals surface area contributed by atoms with Gasteiger partial charge in [0.15, 0.2) is 0 Å². The van der Waals surface area contributed by atoms with Crippen molar-refractivity contribution in [2.45, 2.75) is 57.1 Å². The molecule has 0 spiro atoms. The van der Waals surface area contributed by atoms with Crippen molar-refractivity contribution < 1.29 is 14.3 Å². The molecule has 1 aliphatic heterocycles. The van der Waals surface area contributed by atoms with Crippen LogP contribution in [0.4, 0.5) is 4.79 Å². The molecule has 0 aromatic carbocycles. The number of amides is 3. The molecular formula is C16H29N3O3. The first-order chi connectivity index (χ1) is 10.6. The van der Waals surface area contributed by atoms with Crippen LogP contribution in [0.2, 0.25) is 0 Å². The summed E-state index contributed by atoms with van der Waals surface area (Å²) < 4.78 is 5.68. The fraction of sp³-hybridized carbons (Fsp3) is 0.875. The highest BCUT2D eigenvalue weighted by Gasteiger charge is 2.27. The summed E-state index contributed by atoms with van der Waals surface area (Å²) in [7, 11) is 3.50. The van der Waals surface area contributed by atoms with Crippen molar-refractivity contribution in [3.05, 3.63) is 0 Å². The maximum absolute atomic E-state index is 12.2. The largest absolute Gasteiger partial charge is 0.376 e. The molecule has 22 heavy (non-hydrogen) atoms. The number of carbonyl (C=O) groups excluding carboxylic acids is 2. The van der Waals surface area contributed by atoms with Gasteiger partial charge in [-0.1, -0.05) is 0 Å². The first-order valence-electron chi connectivity index (χ1n) is 8.45. The molecule has 2 N–H and O–H groups in total. The van der Waals surface area contributed by atoms with Gasteiger partial charge in [0.1, 0.15) is 0 Å². The number of ether oxygens (including phenoxy) is 1. The molecule has 0 aromatic heterocycles. The molecule has 2 rings (SSSR count). The molecule has 1 saturated heterocycles. The van der Waals surface area contributed by atoms with Crippen LogP contribution >= 0.6 is 0 Å². The van der Waals surface area contributed by atoms with Crippen LogP contribution in [0.15, 0.2) is 0 Å². The summed E-state index contributed by atoms with van der Waals surface area (Å²) in [6.07, 6.45) is 6.96. The molecule has 2 fully saturated rings. The molecule has 1 heterocycles. The summed E-state index contributed by atoms with van der Waals surface area (Å²) in [5, 5.41) is 5.79. The number of hydrogen-bond acceptors (Lipinski definition) is 3. The smallest absolute Gasteiger partial charge is 0.317 e. The fourth-order valence-corrected chi connectivity index (χ4v) is 3.33. The van der Waals surface area contributed by atoms with Crippen LogP contribution in [0.5, 0.6) is 0 Å². The monoisotopic (exact) mass is 311 g/mol. The highest BCUT2D eigenvalue weighted by atomic mass is 16.5. The molecule has 0 aromatic rings. The molecule has 1 atom stereocenters. The van der Waals surface area contributed by atoms with Crippen LogP contribution in [0.25, 0.3) is 0 Å². The van der Waals surface area contributed by atoms with Crippen molar-refractivity contribution in [3.63, 3.8) is 0 Å². The zero-order valence-electron chi connectivity index (χ0n) is 13.8. The minimum Gasteiger partial charge on any atom is -0.376 e. The Balaban J connectivity index is 1.69. The van der Waals surface area contributed by atoms with Gasteiger partial charge in [0.2, 0.25) is 5.91 Å². The second kappa shape index (κ2) is 8.36. The van der Waals surface area contributed by atoms with E-state index in [-0.39, 0.29) is 30.0 Å². The Bertz CT molecular complexity index is 375. The van der Waals surface area contributed by atoms with Crippen molar-refractivity contribution in [2.24, 2.45) is 5.92 Å². The lowest BCUT2D eigenvalue weighted by Crippen LogP contribution is -2.47. The van der Waals surface area contributed by atoms with Gasteiger partial charge in [-0.05, 0) is 44.9 Å². The zero-order valence-corrected chi connectivity index (χ0v) is 13.8. The average molecular weight is 311 g/mol. The van der Waals surface area contributed by atoms with Gasteiger partial charge < -0.3 is 20.3 Å². The lowest BCUT2D eigenvalue weighted by molar-refractivity contribution is -0.125. The van der Waals surface area contributed by atoms with E-state index in [2.05, 4.69) is 10.6 Å². The molecule has 0 bridgehead atoms. The highest BCUT2D eigenvalue weighted by Crippen LogP contribution is 2.24. The highest BCUT2D eigenvalue weighted by molar-refractivity contribution is 5.78. The molecule has 3 amide bonds. The third-order valence-corrected chi connectivity index (χ3v) is 4.77. The Labute approximate surface area is 132 Å². The number of urea groups is 1. The minimum absolute atomic E-state index is 0.0300. The minimum atomic E-state index is -0.0300. The number of nitrogens with zero attached hydrogens (tertiary/aromatic N) is 1. The van der Waals surface area contributed by atoms with Gasteiger partial charge >= 0.3 is 6.03 Å². The Hall–Kier alpha value is -1.30. The Kier molecular flexibility index (Phi) is 6.49. The van der Waals surface area contributed by atoms with E-state index in [9.17, 15) is 9.59 Å². The predicted octanol–water partition coefficient (Wildman–Crippen LogP) is 1.50. The van der Waals surface area contributed by atoms with Gasteiger partial charge in [-0.2, -0.15) is 0 Å². The average Bonchev–Trinajstić information content (AvgIpc) is 2.55. The maximum Gasteiger partial charge on any atom is 0.317 e. The third-order valence-electron chi connectivity index (χ3n) is 4.77. The lowest BCUT2D eigenvalue weighted by atomic mass is 9.85. The van der Waals surface area contributed by atoms with Gasteiger partial charge in [-0.3, -0.25) is 4.79 Å².